The number of nitrogens with one attached hydrogen (secondary N) is 1. The summed E-state index contributed by atoms with van der Waals surface area (Å²) in [6.45, 7) is 3.64. The maximum Gasteiger partial charge on any atom is 0.272 e. The van der Waals surface area contributed by atoms with Crippen LogP contribution < -0.4 is 5.32 Å². The van der Waals surface area contributed by atoms with E-state index in [1.165, 1.54) is 31.0 Å². The highest BCUT2D eigenvalue weighted by Gasteiger charge is 2.20. The summed E-state index contributed by atoms with van der Waals surface area (Å²) in [7, 11) is 0. The van der Waals surface area contributed by atoms with Crippen LogP contribution in [0.3, 0.4) is 0 Å². The van der Waals surface area contributed by atoms with E-state index >= 15 is 0 Å². The summed E-state index contributed by atoms with van der Waals surface area (Å²) < 4.78 is 5.48. The first-order valence-corrected chi connectivity index (χ1v) is 7.19. The summed E-state index contributed by atoms with van der Waals surface area (Å²) in [4.78, 5) is 22.2. The third-order valence-corrected chi connectivity index (χ3v) is 3.46. The molecule has 1 aliphatic carbocycles. The van der Waals surface area contributed by atoms with E-state index in [0.717, 1.165) is 18.9 Å². The van der Waals surface area contributed by atoms with Crippen LogP contribution >= 0.6 is 0 Å². The normalized spacial score (nSPS) is 14.0. The van der Waals surface area contributed by atoms with Gasteiger partial charge in [0.1, 0.15) is 0 Å². The third-order valence-electron chi connectivity index (χ3n) is 3.46. The van der Waals surface area contributed by atoms with Crippen LogP contribution in [0.25, 0.3) is 0 Å². The van der Waals surface area contributed by atoms with E-state index in [-0.39, 0.29) is 11.6 Å². The van der Waals surface area contributed by atoms with Crippen LogP contribution in [0.5, 0.6) is 0 Å². The molecule has 0 bridgehead atoms. The van der Waals surface area contributed by atoms with Crippen LogP contribution in [0.1, 0.15) is 35.2 Å². The van der Waals surface area contributed by atoms with Gasteiger partial charge in [0.15, 0.2) is 0 Å². The van der Waals surface area contributed by atoms with E-state index in [2.05, 4.69) is 5.32 Å². The minimum absolute atomic E-state index is 0.0278. The molecule has 0 saturated heterocycles. The number of carbonyl (C=O) groups is 1. The molecule has 0 unspecified atom stereocenters. The SMILES string of the molecule is Cc1cc(C(=O)NCCCOCC2CC2)ccc1[N+](=O)[O-]. The smallest absolute Gasteiger partial charge is 0.272 e. The molecule has 1 aromatic carbocycles. The number of hydrogen-bond donors (Lipinski definition) is 1. The zero-order chi connectivity index (χ0) is 15.2. The lowest BCUT2D eigenvalue weighted by atomic mass is 10.1. The maximum atomic E-state index is 11.9. The van der Waals surface area contributed by atoms with Gasteiger partial charge in [0.05, 0.1) is 4.92 Å². The summed E-state index contributed by atoms with van der Waals surface area (Å²) in [6, 6.07) is 4.38. The lowest BCUT2D eigenvalue weighted by Crippen LogP contribution is -2.25. The predicted molar refractivity (Wildman–Crippen MR) is 78.3 cm³/mol. The summed E-state index contributed by atoms with van der Waals surface area (Å²) in [5.41, 5.74) is 0.956. The summed E-state index contributed by atoms with van der Waals surface area (Å²) in [5, 5.41) is 13.5. The Labute approximate surface area is 123 Å². The molecular weight excluding hydrogens is 272 g/mol. The van der Waals surface area contributed by atoms with Gasteiger partial charge in [-0.15, -0.1) is 0 Å². The fraction of sp³-hybridized carbons (Fsp3) is 0.533. The van der Waals surface area contributed by atoms with Gasteiger partial charge in [-0.05, 0) is 44.2 Å². The minimum atomic E-state index is -0.450. The Morgan fingerprint density at radius 3 is 2.86 bits per heavy atom. The molecular formula is C15H20N2O4. The standard InChI is InChI=1S/C15H20N2O4/c1-11-9-13(5-6-14(11)17(19)20)15(18)16-7-2-8-21-10-12-3-4-12/h5-6,9,12H,2-4,7-8,10H2,1H3,(H,16,18). The van der Waals surface area contributed by atoms with Crippen molar-refractivity contribution in [2.24, 2.45) is 5.92 Å². The number of nitro groups is 1. The molecule has 6 nitrogen and oxygen atoms in total. The van der Waals surface area contributed by atoms with Crippen molar-refractivity contribution in [3.63, 3.8) is 0 Å². The number of benzene rings is 1. The van der Waals surface area contributed by atoms with Crippen LogP contribution in [0.15, 0.2) is 18.2 Å². The molecule has 1 fully saturated rings. The minimum Gasteiger partial charge on any atom is -0.381 e. The highest BCUT2D eigenvalue weighted by Crippen LogP contribution is 2.28. The Balaban J connectivity index is 1.72. The van der Waals surface area contributed by atoms with Gasteiger partial charge in [0.25, 0.3) is 11.6 Å². The van der Waals surface area contributed by atoms with Gasteiger partial charge in [-0.25, -0.2) is 0 Å². The van der Waals surface area contributed by atoms with Gasteiger partial charge in [0.2, 0.25) is 0 Å². The number of hydrogen-bond acceptors (Lipinski definition) is 4. The number of nitrogens with zero attached hydrogens (tertiary/aromatic N) is 1. The number of rotatable bonds is 8. The average molecular weight is 292 g/mol. The van der Waals surface area contributed by atoms with Crippen molar-refractivity contribution in [3.8, 4) is 0 Å². The monoisotopic (exact) mass is 292 g/mol. The molecule has 1 N–H and O–H groups in total. The summed E-state index contributed by atoms with van der Waals surface area (Å²) in [5.74, 6) is 0.540. The molecule has 0 aromatic heterocycles. The van der Waals surface area contributed by atoms with Crippen molar-refractivity contribution in [1.82, 2.24) is 5.32 Å². The largest absolute Gasteiger partial charge is 0.381 e. The Bertz CT molecular complexity index is 526. The van der Waals surface area contributed by atoms with Gasteiger partial charge in [-0.3, -0.25) is 14.9 Å². The highest BCUT2D eigenvalue weighted by atomic mass is 16.6. The number of nitro benzene ring substituents is 1. The molecule has 1 saturated carbocycles. The van der Waals surface area contributed by atoms with Crippen LogP contribution in [-0.2, 0) is 4.74 Å². The molecule has 0 atom stereocenters. The second-order valence-electron chi connectivity index (χ2n) is 5.39. The van der Waals surface area contributed by atoms with E-state index < -0.39 is 4.92 Å². The van der Waals surface area contributed by atoms with Crippen molar-refractivity contribution in [2.45, 2.75) is 26.2 Å². The fourth-order valence-electron chi connectivity index (χ4n) is 2.01. The van der Waals surface area contributed by atoms with Gasteiger partial charge >= 0.3 is 0 Å². The van der Waals surface area contributed by atoms with E-state index in [0.29, 0.717) is 24.3 Å². The van der Waals surface area contributed by atoms with Crippen molar-refractivity contribution < 1.29 is 14.5 Å². The van der Waals surface area contributed by atoms with E-state index in [4.69, 9.17) is 4.74 Å². The quantitative estimate of drug-likeness (QED) is 0.453. The van der Waals surface area contributed by atoms with Crippen LogP contribution in [0.2, 0.25) is 0 Å². The molecule has 1 amide bonds. The molecule has 0 spiro atoms. The van der Waals surface area contributed by atoms with Crippen molar-refractivity contribution in [2.75, 3.05) is 19.8 Å². The van der Waals surface area contributed by atoms with Gasteiger partial charge in [0, 0.05) is 37.0 Å². The first-order chi connectivity index (χ1) is 10.1. The van der Waals surface area contributed by atoms with E-state index in [1.54, 1.807) is 6.92 Å². The number of ether oxygens (including phenoxy) is 1. The predicted octanol–water partition coefficient (Wildman–Crippen LogP) is 2.45. The second-order valence-corrected chi connectivity index (χ2v) is 5.39. The maximum absolute atomic E-state index is 11.9. The first-order valence-electron chi connectivity index (χ1n) is 7.19. The Hall–Kier alpha value is -1.95. The second kappa shape index (κ2) is 7.17. The Kier molecular flexibility index (Phi) is 5.27. The van der Waals surface area contributed by atoms with Crippen molar-refractivity contribution in [3.05, 3.63) is 39.4 Å². The van der Waals surface area contributed by atoms with Crippen LogP contribution in [0.4, 0.5) is 5.69 Å². The number of carbonyl (C=O) groups excluding carboxylic acids is 1. The lowest BCUT2D eigenvalue weighted by molar-refractivity contribution is -0.385. The van der Waals surface area contributed by atoms with Gasteiger partial charge < -0.3 is 10.1 Å². The van der Waals surface area contributed by atoms with E-state index in [1.807, 2.05) is 0 Å². The summed E-state index contributed by atoms with van der Waals surface area (Å²) >= 11 is 0. The van der Waals surface area contributed by atoms with E-state index in [9.17, 15) is 14.9 Å². The van der Waals surface area contributed by atoms with Crippen molar-refractivity contribution >= 4 is 11.6 Å². The highest BCUT2D eigenvalue weighted by molar-refractivity contribution is 5.94. The molecule has 0 aliphatic heterocycles. The average Bonchev–Trinajstić information content (AvgIpc) is 3.26. The number of aryl methyl sites for hydroxylation is 1. The van der Waals surface area contributed by atoms with Crippen LogP contribution in [0, 0.1) is 23.0 Å². The molecule has 6 heteroatoms. The topological polar surface area (TPSA) is 81.5 Å². The Morgan fingerprint density at radius 1 is 1.48 bits per heavy atom. The molecule has 1 aromatic rings. The van der Waals surface area contributed by atoms with Gasteiger partial charge in [-0.2, -0.15) is 0 Å². The molecule has 2 rings (SSSR count). The molecule has 0 heterocycles. The first kappa shape index (κ1) is 15.4. The van der Waals surface area contributed by atoms with Crippen LogP contribution in [-0.4, -0.2) is 30.6 Å². The molecule has 1 aliphatic rings. The third kappa shape index (κ3) is 4.82. The summed E-state index contributed by atoms with van der Waals surface area (Å²) in [6.07, 6.45) is 3.32. The number of amides is 1. The molecule has 114 valence electrons. The molecule has 21 heavy (non-hydrogen) atoms. The van der Waals surface area contributed by atoms with Crippen molar-refractivity contribution in [1.29, 1.82) is 0 Å². The zero-order valence-electron chi connectivity index (χ0n) is 12.1. The van der Waals surface area contributed by atoms with Gasteiger partial charge in [-0.1, -0.05) is 0 Å². The zero-order valence-corrected chi connectivity index (χ0v) is 12.1. The lowest BCUT2D eigenvalue weighted by Gasteiger charge is -2.07. The Morgan fingerprint density at radius 2 is 2.24 bits per heavy atom. The fourth-order valence-corrected chi connectivity index (χ4v) is 2.01. The molecule has 0 radical (unpaired) electrons.